The molecule has 7 nitrogen and oxygen atoms in total. The molecule has 0 fully saturated rings. The topological polar surface area (TPSA) is 108 Å². The van der Waals surface area contributed by atoms with E-state index in [1.807, 2.05) is 24.3 Å². The van der Waals surface area contributed by atoms with Gasteiger partial charge >= 0.3 is 7.60 Å². The number of carbonyl (C=O) groups excluding carboxylic acids is 2. The fourth-order valence-electron chi connectivity index (χ4n) is 2.87. The van der Waals surface area contributed by atoms with Crippen LogP contribution in [0.3, 0.4) is 0 Å². The zero-order valence-electron chi connectivity index (χ0n) is 17.0. The van der Waals surface area contributed by atoms with Crippen molar-refractivity contribution in [1.29, 1.82) is 0 Å². The smallest absolute Gasteiger partial charge is 0.335 e. The van der Waals surface area contributed by atoms with Crippen LogP contribution in [0.2, 0.25) is 0 Å². The largest absolute Gasteiger partial charge is 0.368 e. The van der Waals surface area contributed by atoms with Gasteiger partial charge in [-0.15, -0.1) is 0 Å². The molecule has 0 heterocycles. The molecule has 0 aromatic heterocycles. The predicted molar refractivity (Wildman–Crippen MR) is 119 cm³/mol. The lowest BCUT2D eigenvalue weighted by Crippen LogP contribution is -2.45. The number of hydrogen-bond acceptors (Lipinski definition) is 5. The van der Waals surface area contributed by atoms with Crippen molar-refractivity contribution in [2.45, 2.75) is 32.5 Å². The molecular formula is C21H26BrN2O5P. The first-order valence-electron chi connectivity index (χ1n) is 9.58. The average molecular weight is 497 g/mol. The molecule has 2 amide bonds. The Kier molecular flexibility index (Phi) is 9.24. The van der Waals surface area contributed by atoms with Crippen molar-refractivity contribution >= 4 is 35.3 Å². The minimum Gasteiger partial charge on any atom is -0.368 e. The molecule has 2 aromatic carbocycles. The Morgan fingerprint density at radius 1 is 1.07 bits per heavy atom. The van der Waals surface area contributed by atoms with Gasteiger partial charge in [-0.1, -0.05) is 40.2 Å². The van der Waals surface area contributed by atoms with Gasteiger partial charge in [-0.3, -0.25) is 14.2 Å². The van der Waals surface area contributed by atoms with Gasteiger partial charge in [0.15, 0.2) is 0 Å². The van der Waals surface area contributed by atoms with Crippen molar-refractivity contribution in [3.05, 3.63) is 69.7 Å². The molecule has 0 bridgehead atoms. The maximum Gasteiger partial charge on any atom is 0.335 e. The van der Waals surface area contributed by atoms with Crippen molar-refractivity contribution in [3.63, 3.8) is 0 Å². The molecule has 0 unspecified atom stereocenters. The minimum absolute atomic E-state index is 0.114. The van der Waals surface area contributed by atoms with E-state index in [9.17, 15) is 14.2 Å². The van der Waals surface area contributed by atoms with E-state index in [4.69, 9.17) is 14.8 Å². The fraction of sp³-hybridized carbons (Fsp3) is 0.333. The Morgan fingerprint density at radius 3 is 2.23 bits per heavy atom. The molecule has 9 heteroatoms. The minimum atomic E-state index is -3.22. The summed E-state index contributed by atoms with van der Waals surface area (Å²) in [6, 6.07) is 13.2. The summed E-state index contributed by atoms with van der Waals surface area (Å²) >= 11 is 3.38. The van der Waals surface area contributed by atoms with Gasteiger partial charge in [0.1, 0.15) is 6.04 Å². The molecule has 1 atom stereocenters. The molecule has 0 radical (unpaired) electrons. The number of amides is 2. The third-order valence-corrected chi connectivity index (χ3v) is 6.77. The summed E-state index contributed by atoms with van der Waals surface area (Å²) < 4.78 is 24.1. The van der Waals surface area contributed by atoms with Crippen LogP contribution >= 0.6 is 23.5 Å². The summed E-state index contributed by atoms with van der Waals surface area (Å²) in [5.41, 5.74) is 7.42. The molecule has 162 valence electrons. The average Bonchev–Trinajstić information content (AvgIpc) is 2.68. The number of benzene rings is 2. The van der Waals surface area contributed by atoms with Crippen molar-refractivity contribution < 1.29 is 23.2 Å². The Labute approximate surface area is 185 Å². The summed E-state index contributed by atoms with van der Waals surface area (Å²) in [6.45, 7) is 4.07. The second kappa shape index (κ2) is 11.4. The number of carbonyl (C=O) groups is 2. The van der Waals surface area contributed by atoms with Gasteiger partial charge in [0.2, 0.25) is 5.91 Å². The first-order chi connectivity index (χ1) is 14.3. The zero-order valence-corrected chi connectivity index (χ0v) is 19.4. The van der Waals surface area contributed by atoms with Gasteiger partial charge in [-0.2, -0.15) is 0 Å². The summed E-state index contributed by atoms with van der Waals surface area (Å²) in [7, 11) is -3.22. The quantitative estimate of drug-likeness (QED) is 0.456. The summed E-state index contributed by atoms with van der Waals surface area (Å²) in [5.74, 6) is -1.03. The third-order valence-electron chi connectivity index (χ3n) is 4.22. The predicted octanol–water partition coefficient (Wildman–Crippen LogP) is 4.04. The standard InChI is InChI=1S/C21H26BrN2O5P/c1-3-28-30(27,29-4-2)14-15-8-10-17(11-9-15)21(26)24-19(20(23)25)13-16-6-5-7-18(22)12-16/h5-12,19H,3-4,13-14H2,1-2H3,(H2,23,25)(H,24,26)/t19-/m0/s1. The third kappa shape index (κ3) is 7.36. The van der Waals surface area contributed by atoms with Crippen molar-refractivity contribution in [2.24, 2.45) is 5.73 Å². The van der Waals surface area contributed by atoms with Crippen LogP contribution < -0.4 is 11.1 Å². The Bertz CT molecular complexity index is 910. The van der Waals surface area contributed by atoms with Crippen LogP contribution in [0.15, 0.2) is 53.0 Å². The number of nitrogens with two attached hydrogens (primary N) is 1. The second-order valence-corrected chi connectivity index (χ2v) is 9.53. The highest BCUT2D eigenvalue weighted by Gasteiger charge is 2.24. The molecular weight excluding hydrogens is 471 g/mol. The van der Waals surface area contributed by atoms with Crippen LogP contribution in [0.25, 0.3) is 0 Å². The molecule has 0 spiro atoms. The van der Waals surface area contributed by atoms with E-state index in [1.54, 1.807) is 38.1 Å². The lowest BCUT2D eigenvalue weighted by molar-refractivity contribution is -0.119. The van der Waals surface area contributed by atoms with E-state index in [0.29, 0.717) is 5.56 Å². The summed E-state index contributed by atoms with van der Waals surface area (Å²) in [6.07, 6.45) is 0.397. The van der Waals surface area contributed by atoms with Gasteiger partial charge in [0.05, 0.1) is 19.4 Å². The summed E-state index contributed by atoms with van der Waals surface area (Å²) in [4.78, 5) is 24.4. The highest BCUT2D eigenvalue weighted by atomic mass is 79.9. The van der Waals surface area contributed by atoms with Gasteiger partial charge in [-0.05, 0) is 49.2 Å². The number of nitrogens with one attached hydrogen (secondary N) is 1. The van der Waals surface area contributed by atoms with Crippen molar-refractivity contribution in [2.75, 3.05) is 13.2 Å². The van der Waals surface area contributed by atoms with Gasteiger partial charge in [0.25, 0.3) is 5.91 Å². The monoisotopic (exact) mass is 496 g/mol. The Balaban J connectivity index is 2.06. The molecule has 0 saturated carbocycles. The van der Waals surface area contributed by atoms with Crippen LogP contribution in [0.1, 0.15) is 35.3 Å². The van der Waals surface area contributed by atoms with Crippen LogP contribution in [0.4, 0.5) is 0 Å². The maximum absolute atomic E-state index is 12.6. The Morgan fingerprint density at radius 2 is 1.70 bits per heavy atom. The Hall–Kier alpha value is -1.99. The van der Waals surface area contributed by atoms with E-state index in [1.165, 1.54) is 0 Å². The molecule has 2 aromatic rings. The van der Waals surface area contributed by atoms with Crippen LogP contribution in [-0.2, 0) is 31.0 Å². The lowest BCUT2D eigenvalue weighted by Gasteiger charge is -2.17. The fourth-order valence-corrected chi connectivity index (χ4v) is 5.02. The van der Waals surface area contributed by atoms with E-state index >= 15 is 0 Å². The first-order valence-corrected chi connectivity index (χ1v) is 12.1. The second-order valence-electron chi connectivity index (χ2n) is 6.56. The molecule has 0 aliphatic rings. The van der Waals surface area contributed by atoms with Gasteiger partial charge in [0, 0.05) is 16.5 Å². The van der Waals surface area contributed by atoms with E-state index in [2.05, 4.69) is 21.2 Å². The number of rotatable bonds is 11. The number of halogens is 1. The molecule has 2 rings (SSSR count). The molecule has 3 N–H and O–H groups in total. The first kappa shape index (κ1) is 24.3. The summed E-state index contributed by atoms with van der Waals surface area (Å²) in [5, 5.41) is 2.68. The lowest BCUT2D eigenvalue weighted by atomic mass is 10.0. The number of hydrogen-bond donors (Lipinski definition) is 2. The maximum atomic E-state index is 12.6. The van der Waals surface area contributed by atoms with E-state index in [0.717, 1.165) is 15.6 Å². The zero-order chi connectivity index (χ0) is 22.1. The van der Waals surface area contributed by atoms with Crippen LogP contribution in [-0.4, -0.2) is 31.1 Å². The normalized spacial score (nSPS) is 12.4. The highest BCUT2D eigenvalue weighted by Crippen LogP contribution is 2.51. The molecule has 0 saturated heterocycles. The van der Waals surface area contributed by atoms with Crippen molar-refractivity contribution in [3.8, 4) is 0 Å². The highest BCUT2D eigenvalue weighted by molar-refractivity contribution is 9.10. The van der Waals surface area contributed by atoms with Crippen LogP contribution in [0, 0.1) is 0 Å². The molecule has 0 aliphatic carbocycles. The molecule has 30 heavy (non-hydrogen) atoms. The van der Waals surface area contributed by atoms with Crippen LogP contribution in [0.5, 0.6) is 0 Å². The van der Waals surface area contributed by atoms with E-state index < -0.39 is 25.5 Å². The number of primary amides is 1. The van der Waals surface area contributed by atoms with Gasteiger partial charge < -0.3 is 20.1 Å². The SMILES string of the molecule is CCOP(=O)(Cc1ccc(C(=O)N[C@@H](Cc2cccc(Br)c2)C(N)=O)cc1)OCC. The van der Waals surface area contributed by atoms with Crippen molar-refractivity contribution in [1.82, 2.24) is 5.32 Å². The van der Waals surface area contributed by atoms with E-state index in [-0.39, 0.29) is 25.8 Å². The molecule has 0 aliphatic heterocycles. The van der Waals surface area contributed by atoms with Gasteiger partial charge in [-0.25, -0.2) is 0 Å².